The third-order valence-corrected chi connectivity index (χ3v) is 6.74. The highest BCUT2D eigenvalue weighted by Gasteiger charge is 2.20. The summed E-state index contributed by atoms with van der Waals surface area (Å²) in [5.74, 6) is 1.03. The molecule has 0 atom stereocenters. The summed E-state index contributed by atoms with van der Waals surface area (Å²) in [6.45, 7) is 4.23. The molecule has 0 saturated heterocycles. The third kappa shape index (κ3) is 5.41. The Kier molecular flexibility index (Phi) is 6.42. The van der Waals surface area contributed by atoms with Crippen LogP contribution in [0.1, 0.15) is 24.2 Å². The maximum Gasteiger partial charge on any atom is 0.259 e. The second-order valence-corrected chi connectivity index (χ2v) is 10.0. The summed E-state index contributed by atoms with van der Waals surface area (Å²) < 4.78 is 25.4. The van der Waals surface area contributed by atoms with Gasteiger partial charge in [0.05, 0.1) is 17.5 Å². The molecule has 2 aromatic rings. The fourth-order valence-corrected chi connectivity index (χ4v) is 4.08. The molecule has 1 N–H and O–H groups in total. The van der Waals surface area contributed by atoms with Crippen LogP contribution in [0.25, 0.3) is 0 Å². The summed E-state index contributed by atoms with van der Waals surface area (Å²) in [5, 5.41) is 11.1. The van der Waals surface area contributed by atoms with Gasteiger partial charge in [0.25, 0.3) is 5.91 Å². The lowest BCUT2D eigenvalue weighted by Gasteiger charge is -2.19. The molecule has 7 nitrogen and oxygen atoms in total. The van der Waals surface area contributed by atoms with Crippen molar-refractivity contribution >= 4 is 49.8 Å². The Morgan fingerprint density at radius 1 is 1.32 bits per heavy atom. The Bertz CT molecular complexity index is 849. The normalized spacial score (nSPS) is 11.6. The smallest absolute Gasteiger partial charge is 0.259 e. The fraction of sp³-hybridized carbons (Fsp3) is 0.400. The van der Waals surface area contributed by atoms with E-state index in [9.17, 15) is 13.2 Å². The summed E-state index contributed by atoms with van der Waals surface area (Å²) in [6.07, 6.45) is 1.09. The zero-order chi connectivity index (χ0) is 18.6. The van der Waals surface area contributed by atoms with Crippen LogP contribution in [0.15, 0.2) is 28.6 Å². The Morgan fingerprint density at radius 2 is 2.00 bits per heavy atom. The fourth-order valence-electron chi connectivity index (χ4n) is 1.84. The van der Waals surface area contributed by atoms with Crippen molar-refractivity contribution in [3.05, 3.63) is 29.8 Å². The zero-order valence-corrected chi connectivity index (χ0v) is 16.8. The highest BCUT2D eigenvalue weighted by Crippen LogP contribution is 2.28. The molecule has 0 unspecified atom stereocenters. The SMILES string of the molecule is CC(C)CSc1nnc(NC(=O)c2ccccc2N(C)S(C)(=O)=O)s1. The number of nitrogens with one attached hydrogen (secondary N) is 1. The van der Waals surface area contributed by atoms with Gasteiger partial charge in [-0.05, 0) is 18.1 Å². The minimum Gasteiger partial charge on any atom is -0.296 e. The molecular weight excluding hydrogens is 380 g/mol. The lowest BCUT2D eigenvalue weighted by Crippen LogP contribution is -2.27. The van der Waals surface area contributed by atoms with Crippen LogP contribution in [0.3, 0.4) is 0 Å². The number of anilines is 2. The first-order valence-corrected chi connectivity index (χ1v) is 11.1. The molecule has 10 heteroatoms. The number of para-hydroxylation sites is 1. The van der Waals surface area contributed by atoms with Crippen molar-refractivity contribution in [2.24, 2.45) is 5.92 Å². The lowest BCUT2D eigenvalue weighted by atomic mass is 10.1. The second kappa shape index (κ2) is 8.15. The van der Waals surface area contributed by atoms with Gasteiger partial charge in [0, 0.05) is 12.8 Å². The largest absolute Gasteiger partial charge is 0.296 e. The van der Waals surface area contributed by atoms with Gasteiger partial charge in [0.1, 0.15) is 0 Å². The molecule has 2 rings (SSSR count). The number of rotatable bonds is 7. The van der Waals surface area contributed by atoms with Crippen molar-refractivity contribution in [2.75, 3.05) is 28.7 Å². The van der Waals surface area contributed by atoms with E-state index in [0.717, 1.165) is 20.7 Å². The number of benzene rings is 1. The van der Waals surface area contributed by atoms with E-state index < -0.39 is 15.9 Å². The number of sulfonamides is 1. The highest BCUT2D eigenvalue weighted by atomic mass is 32.2. The van der Waals surface area contributed by atoms with Gasteiger partial charge in [0.2, 0.25) is 15.2 Å². The topological polar surface area (TPSA) is 92.3 Å². The first-order valence-electron chi connectivity index (χ1n) is 7.49. The van der Waals surface area contributed by atoms with E-state index in [2.05, 4.69) is 29.4 Å². The van der Waals surface area contributed by atoms with Gasteiger partial charge in [-0.25, -0.2) is 8.42 Å². The molecule has 0 aliphatic heterocycles. The minimum atomic E-state index is -3.47. The Labute approximate surface area is 155 Å². The number of hydrogen-bond donors (Lipinski definition) is 1. The molecule has 1 heterocycles. The van der Waals surface area contributed by atoms with Crippen molar-refractivity contribution in [1.29, 1.82) is 0 Å². The van der Waals surface area contributed by atoms with Gasteiger partial charge in [-0.3, -0.25) is 14.4 Å². The van der Waals surface area contributed by atoms with Crippen molar-refractivity contribution in [3.63, 3.8) is 0 Å². The van der Waals surface area contributed by atoms with E-state index in [1.165, 1.54) is 18.4 Å². The summed E-state index contributed by atoms with van der Waals surface area (Å²) in [5.41, 5.74) is 0.559. The molecule has 1 aromatic heterocycles. The number of carbonyl (C=O) groups is 1. The average molecular weight is 401 g/mol. The van der Waals surface area contributed by atoms with Crippen LogP contribution < -0.4 is 9.62 Å². The van der Waals surface area contributed by atoms with E-state index >= 15 is 0 Å². The van der Waals surface area contributed by atoms with Crippen molar-refractivity contribution in [3.8, 4) is 0 Å². The maximum absolute atomic E-state index is 12.5. The van der Waals surface area contributed by atoms with Gasteiger partial charge in [0.15, 0.2) is 4.34 Å². The van der Waals surface area contributed by atoms with Gasteiger partial charge in [-0.2, -0.15) is 0 Å². The monoisotopic (exact) mass is 400 g/mol. The molecule has 1 amide bonds. The van der Waals surface area contributed by atoms with Crippen molar-refractivity contribution < 1.29 is 13.2 Å². The van der Waals surface area contributed by atoms with Crippen molar-refractivity contribution in [1.82, 2.24) is 10.2 Å². The van der Waals surface area contributed by atoms with E-state index in [0.29, 0.717) is 16.7 Å². The van der Waals surface area contributed by atoms with E-state index in [-0.39, 0.29) is 5.56 Å². The Balaban J connectivity index is 2.17. The molecule has 0 saturated carbocycles. The molecule has 0 spiro atoms. The number of carbonyl (C=O) groups excluding carboxylic acids is 1. The quantitative estimate of drug-likeness (QED) is 0.567. The second-order valence-electron chi connectivity index (χ2n) is 5.78. The summed E-state index contributed by atoms with van der Waals surface area (Å²) in [7, 11) is -2.06. The van der Waals surface area contributed by atoms with Gasteiger partial charge >= 0.3 is 0 Å². The van der Waals surface area contributed by atoms with Gasteiger partial charge in [-0.15, -0.1) is 10.2 Å². The molecule has 0 aliphatic carbocycles. The van der Waals surface area contributed by atoms with E-state index in [1.807, 2.05) is 0 Å². The Morgan fingerprint density at radius 3 is 2.64 bits per heavy atom. The third-order valence-electron chi connectivity index (χ3n) is 3.15. The first-order chi connectivity index (χ1) is 11.7. The van der Waals surface area contributed by atoms with Crippen LogP contribution >= 0.6 is 23.1 Å². The minimum absolute atomic E-state index is 0.252. The molecule has 136 valence electrons. The maximum atomic E-state index is 12.5. The standard InChI is InChI=1S/C15H20N4O3S3/c1-10(2)9-23-15-18-17-14(24-15)16-13(20)11-7-5-6-8-12(11)19(3)25(4,21)22/h5-8,10H,9H2,1-4H3,(H,16,17,20). The number of hydrogen-bond acceptors (Lipinski definition) is 7. The zero-order valence-electron chi connectivity index (χ0n) is 14.4. The summed E-state index contributed by atoms with van der Waals surface area (Å²) in [4.78, 5) is 12.5. The lowest BCUT2D eigenvalue weighted by molar-refractivity contribution is 0.102. The molecule has 0 bridgehead atoms. The summed E-state index contributed by atoms with van der Waals surface area (Å²) >= 11 is 2.88. The van der Waals surface area contributed by atoms with Crippen LogP contribution in [-0.4, -0.2) is 43.6 Å². The predicted molar refractivity (Wildman–Crippen MR) is 103 cm³/mol. The molecule has 1 aromatic carbocycles. The van der Waals surface area contributed by atoms with Crippen LogP contribution in [-0.2, 0) is 10.0 Å². The molecule has 0 aliphatic rings. The molecular formula is C15H20N4O3S3. The predicted octanol–water partition coefficient (Wildman–Crippen LogP) is 2.93. The Hall–Kier alpha value is -1.65. The molecule has 0 fully saturated rings. The number of thioether (sulfide) groups is 1. The van der Waals surface area contributed by atoms with Gasteiger partial charge < -0.3 is 0 Å². The number of amides is 1. The number of nitrogens with zero attached hydrogens (tertiary/aromatic N) is 3. The van der Waals surface area contributed by atoms with E-state index in [4.69, 9.17) is 0 Å². The highest BCUT2D eigenvalue weighted by molar-refractivity contribution is 8.01. The van der Waals surface area contributed by atoms with Crippen LogP contribution in [0.2, 0.25) is 0 Å². The van der Waals surface area contributed by atoms with Gasteiger partial charge in [-0.1, -0.05) is 49.1 Å². The molecule has 25 heavy (non-hydrogen) atoms. The average Bonchev–Trinajstić information content (AvgIpc) is 2.98. The van der Waals surface area contributed by atoms with Crippen LogP contribution in [0.4, 0.5) is 10.8 Å². The molecule has 0 radical (unpaired) electrons. The van der Waals surface area contributed by atoms with Crippen LogP contribution in [0.5, 0.6) is 0 Å². The summed E-state index contributed by atoms with van der Waals surface area (Å²) in [6, 6.07) is 6.51. The van der Waals surface area contributed by atoms with Crippen LogP contribution in [0, 0.1) is 5.92 Å². The van der Waals surface area contributed by atoms with Crippen molar-refractivity contribution in [2.45, 2.75) is 18.2 Å². The van der Waals surface area contributed by atoms with E-state index in [1.54, 1.807) is 36.0 Å². The first kappa shape index (κ1) is 19.7. The number of aromatic nitrogens is 2.